The van der Waals surface area contributed by atoms with Crippen LogP contribution in [0.2, 0.25) is 0 Å². The van der Waals surface area contributed by atoms with E-state index in [1.807, 2.05) is 0 Å². The van der Waals surface area contributed by atoms with E-state index in [1.54, 1.807) is 0 Å². The van der Waals surface area contributed by atoms with E-state index in [9.17, 15) is 27.2 Å². The lowest BCUT2D eigenvalue weighted by atomic mass is 10.2. The van der Waals surface area contributed by atoms with Crippen molar-refractivity contribution in [3.8, 4) is 5.69 Å². The molecule has 28 heavy (non-hydrogen) atoms. The third kappa shape index (κ3) is 3.93. The van der Waals surface area contributed by atoms with Crippen molar-refractivity contribution in [2.45, 2.75) is 13.1 Å². The summed E-state index contributed by atoms with van der Waals surface area (Å²) in [5, 5.41) is 5.95. The Kier molecular flexibility index (Phi) is 5.00. The molecule has 0 aliphatic rings. The number of anilines is 1. The van der Waals surface area contributed by atoms with E-state index in [0.717, 1.165) is 17.7 Å². The van der Waals surface area contributed by atoms with Gasteiger partial charge in [-0.1, -0.05) is 12.1 Å². The van der Waals surface area contributed by atoms with Crippen molar-refractivity contribution in [3.63, 3.8) is 0 Å². The van der Waals surface area contributed by atoms with Crippen LogP contribution in [0.3, 0.4) is 0 Å². The van der Waals surface area contributed by atoms with Crippen LogP contribution in [0.4, 0.5) is 23.2 Å². The molecule has 2 aromatic carbocycles. The number of carbonyl (C=O) groups is 2. The van der Waals surface area contributed by atoms with E-state index in [-0.39, 0.29) is 16.9 Å². The first-order chi connectivity index (χ1) is 13.2. The number of hydrogen-bond donors (Lipinski definition) is 1. The van der Waals surface area contributed by atoms with Crippen LogP contribution >= 0.6 is 0 Å². The number of alkyl halides is 3. The Balaban J connectivity index is 1.87. The van der Waals surface area contributed by atoms with Crippen LogP contribution in [0.5, 0.6) is 0 Å². The zero-order valence-electron chi connectivity index (χ0n) is 14.4. The molecule has 0 spiro atoms. The molecule has 0 saturated heterocycles. The monoisotopic (exact) mass is 391 g/mol. The van der Waals surface area contributed by atoms with Crippen molar-refractivity contribution in [1.82, 2.24) is 9.78 Å². The highest BCUT2D eigenvalue weighted by Crippen LogP contribution is 2.30. The lowest BCUT2D eigenvalue weighted by Crippen LogP contribution is -2.13. The van der Waals surface area contributed by atoms with Crippen LogP contribution in [0, 0.1) is 5.82 Å². The number of amides is 1. The summed E-state index contributed by atoms with van der Waals surface area (Å²) < 4.78 is 53.2. The van der Waals surface area contributed by atoms with Crippen molar-refractivity contribution >= 4 is 17.4 Å². The molecule has 5 nitrogen and oxygen atoms in total. The van der Waals surface area contributed by atoms with E-state index in [4.69, 9.17) is 0 Å². The number of ketones is 1. The van der Waals surface area contributed by atoms with Gasteiger partial charge in [0.25, 0.3) is 5.91 Å². The molecule has 0 bridgehead atoms. The average molecular weight is 391 g/mol. The van der Waals surface area contributed by atoms with Crippen LogP contribution in [0.1, 0.15) is 33.5 Å². The summed E-state index contributed by atoms with van der Waals surface area (Å²) >= 11 is 0. The van der Waals surface area contributed by atoms with Gasteiger partial charge in [0.15, 0.2) is 11.5 Å². The quantitative estimate of drug-likeness (QED) is 0.527. The maximum absolute atomic E-state index is 13.7. The third-order valence-electron chi connectivity index (χ3n) is 3.85. The Morgan fingerprint density at radius 3 is 2.25 bits per heavy atom. The summed E-state index contributed by atoms with van der Waals surface area (Å²) in [4.78, 5) is 23.8. The van der Waals surface area contributed by atoms with Gasteiger partial charge < -0.3 is 5.32 Å². The number of aromatic nitrogens is 2. The second kappa shape index (κ2) is 7.26. The number of carbonyl (C=O) groups excluding carboxylic acids is 2. The van der Waals surface area contributed by atoms with E-state index in [1.165, 1.54) is 42.5 Å². The summed E-state index contributed by atoms with van der Waals surface area (Å²) in [6, 6.07) is 11.7. The topological polar surface area (TPSA) is 64.0 Å². The lowest BCUT2D eigenvalue weighted by Gasteiger charge is -2.09. The van der Waals surface area contributed by atoms with E-state index >= 15 is 0 Å². The Morgan fingerprint density at radius 2 is 1.68 bits per heavy atom. The van der Waals surface area contributed by atoms with Crippen molar-refractivity contribution < 1.29 is 27.2 Å². The van der Waals surface area contributed by atoms with Gasteiger partial charge in [0.2, 0.25) is 0 Å². The average Bonchev–Trinajstić information content (AvgIpc) is 3.09. The Labute approximate surface area is 156 Å². The second-order valence-corrected chi connectivity index (χ2v) is 5.86. The number of Topliss-reactive ketones (excluding diaryl/α,β-unsaturated/α-hetero) is 1. The molecule has 3 aromatic rings. The van der Waals surface area contributed by atoms with Crippen LogP contribution < -0.4 is 5.32 Å². The van der Waals surface area contributed by atoms with Gasteiger partial charge in [0, 0.05) is 18.7 Å². The number of rotatable bonds is 4. The summed E-state index contributed by atoms with van der Waals surface area (Å²) in [5.74, 6) is -1.94. The molecule has 0 aliphatic carbocycles. The highest BCUT2D eigenvalue weighted by molar-refractivity contribution is 6.04. The molecule has 1 amide bonds. The Bertz CT molecular complexity index is 1040. The van der Waals surface area contributed by atoms with Crippen LogP contribution in [0.15, 0.2) is 54.6 Å². The van der Waals surface area contributed by atoms with Crippen molar-refractivity contribution in [3.05, 3.63) is 77.4 Å². The molecule has 1 N–H and O–H groups in total. The van der Waals surface area contributed by atoms with Crippen molar-refractivity contribution in [2.75, 3.05) is 5.32 Å². The molecule has 9 heteroatoms. The van der Waals surface area contributed by atoms with Crippen molar-refractivity contribution in [2.24, 2.45) is 0 Å². The number of hydrogen-bond acceptors (Lipinski definition) is 3. The second-order valence-electron chi connectivity index (χ2n) is 5.86. The Hall–Kier alpha value is -3.49. The number of halogens is 4. The molecular formula is C19H13F4N3O2. The minimum atomic E-state index is -4.69. The van der Waals surface area contributed by atoms with Gasteiger partial charge in [0.1, 0.15) is 11.5 Å². The maximum atomic E-state index is 13.7. The van der Waals surface area contributed by atoms with Crippen LogP contribution in [0.25, 0.3) is 5.69 Å². The van der Waals surface area contributed by atoms with Crippen LogP contribution in [-0.2, 0) is 6.18 Å². The molecule has 0 unspecified atom stereocenters. The van der Waals surface area contributed by atoms with E-state index in [0.29, 0.717) is 11.8 Å². The molecule has 144 valence electrons. The van der Waals surface area contributed by atoms with Crippen LogP contribution in [-0.4, -0.2) is 21.5 Å². The molecule has 1 aromatic heterocycles. The third-order valence-corrected chi connectivity index (χ3v) is 3.85. The predicted octanol–water partition coefficient (Wildman–Crippen LogP) is 4.49. The van der Waals surface area contributed by atoms with Crippen molar-refractivity contribution in [1.29, 1.82) is 0 Å². The molecular weight excluding hydrogens is 378 g/mol. The summed E-state index contributed by atoms with van der Waals surface area (Å²) in [5.41, 5.74) is -1.06. The lowest BCUT2D eigenvalue weighted by molar-refractivity contribution is -0.141. The zero-order chi connectivity index (χ0) is 20.5. The fourth-order valence-corrected chi connectivity index (χ4v) is 2.50. The molecule has 0 saturated carbocycles. The van der Waals surface area contributed by atoms with Gasteiger partial charge in [0.05, 0.1) is 11.3 Å². The first kappa shape index (κ1) is 19.3. The Morgan fingerprint density at radius 1 is 1.04 bits per heavy atom. The number of nitrogens with one attached hydrogen (secondary N) is 1. The SMILES string of the molecule is CC(=O)c1cc(C(F)(F)F)nn1-c1ccc(NC(=O)c2ccccc2F)cc1. The summed E-state index contributed by atoms with van der Waals surface area (Å²) in [6.45, 7) is 1.14. The first-order valence-corrected chi connectivity index (χ1v) is 8.01. The maximum Gasteiger partial charge on any atom is 0.435 e. The highest BCUT2D eigenvalue weighted by atomic mass is 19.4. The molecule has 0 atom stereocenters. The summed E-state index contributed by atoms with van der Waals surface area (Å²) in [7, 11) is 0. The number of nitrogens with zero attached hydrogens (tertiary/aromatic N) is 2. The van der Waals surface area contributed by atoms with Gasteiger partial charge in [-0.3, -0.25) is 9.59 Å². The standard InChI is InChI=1S/C19H13F4N3O2/c1-11(27)16-10-17(19(21,22)23)25-26(16)13-8-6-12(7-9-13)24-18(28)14-4-2-3-5-15(14)20/h2-10H,1H3,(H,24,28). The minimum Gasteiger partial charge on any atom is -0.322 e. The highest BCUT2D eigenvalue weighted by Gasteiger charge is 2.35. The van der Waals surface area contributed by atoms with Gasteiger partial charge in [-0.25, -0.2) is 9.07 Å². The molecule has 3 rings (SSSR count). The first-order valence-electron chi connectivity index (χ1n) is 8.01. The fourth-order valence-electron chi connectivity index (χ4n) is 2.50. The van der Waals surface area contributed by atoms with E-state index in [2.05, 4.69) is 10.4 Å². The molecule has 0 radical (unpaired) electrons. The molecule has 1 heterocycles. The van der Waals surface area contributed by atoms with Gasteiger partial charge in [-0.05, 0) is 36.4 Å². The van der Waals surface area contributed by atoms with Gasteiger partial charge in [-0.15, -0.1) is 0 Å². The molecule has 0 fully saturated rings. The smallest absolute Gasteiger partial charge is 0.322 e. The zero-order valence-corrected chi connectivity index (χ0v) is 14.4. The normalized spacial score (nSPS) is 11.3. The van der Waals surface area contributed by atoms with E-state index < -0.39 is 29.4 Å². The minimum absolute atomic E-state index is 0.146. The largest absolute Gasteiger partial charge is 0.435 e. The van der Waals surface area contributed by atoms with Gasteiger partial charge in [-0.2, -0.15) is 18.3 Å². The predicted molar refractivity (Wildman–Crippen MR) is 92.9 cm³/mol. The number of benzene rings is 2. The van der Waals surface area contributed by atoms with Gasteiger partial charge >= 0.3 is 6.18 Å². The summed E-state index contributed by atoms with van der Waals surface area (Å²) in [6.07, 6.45) is -4.69. The fraction of sp³-hybridized carbons (Fsp3) is 0.105. The molecule has 0 aliphatic heterocycles.